The summed E-state index contributed by atoms with van der Waals surface area (Å²) in [6.07, 6.45) is 1.14. The van der Waals surface area contributed by atoms with E-state index in [-0.39, 0.29) is 5.92 Å². The van der Waals surface area contributed by atoms with Crippen molar-refractivity contribution >= 4 is 0 Å². The topological polar surface area (TPSA) is 64.9 Å². The van der Waals surface area contributed by atoms with E-state index in [4.69, 9.17) is 10.3 Å². The number of nitrogens with zero attached hydrogens (tertiary/aromatic N) is 2. The third-order valence-electron chi connectivity index (χ3n) is 3.06. The van der Waals surface area contributed by atoms with Crippen LogP contribution in [0.4, 0.5) is 0 Å². The summed E-state index contributed by atoms with van der Waals surface area (Å²) in [5, 5.41) is 3.95. The lowest BCUT2D eigenvalue weighted by Gasteiger charge is -1.99. The number of hydrogen-bond donors (Lipinski definition) is 1. The molecule has 2 rings (SSSR count). The van der Waals surface area contributed by atoms with Gasteiger partial charge in [0, 0.05) is 18.4 Å². The van der Waals surface area contributed by atoms with Crippen LogP contribution in [-0.2, 0) is 0 Å². The van der Waals surface area contributed by atoms with Gasteiger partial charge in [0.2, 0.25) is 5.89 Å². The fourth-order valence-corrected chi connectivity index (χ4v) is 1.58. The second kappa shape index (κ2) is 3.05. The van der Waals surface area contributed by atoms with Gasteiger partial charge in [-0.05, 0) is 11.8 Å². The quantitative estimate of drug-likeness (QED) is 0.796. The van der Waals surface area contributed by atoms with Crippen molar-refractivity contribution in [1.82, 2.24) is 10.1 Å². The standard InChI is InChI=1S/C10H17N3O/c1-6(5-11)8-12-9(14-13-8)7-4-10(7,2)3/h6-7H,4-5,11H2,1-3H3. The van der Waals surface area contributed by atoms with Crippen LogP contribution >= 0.6 is 0 Å². The van der Waals surface area contributed by atoms with E-state index in [1.54, 1.807) is 0 Å². The Balaban J connectivity index is 2.11. The minimum atomic E-state index is 0.189. The van der Waals surface area contributed by atoms with E-state index in [9.17, 15) is 0 Å². The zero-order valence-electron chi connectivity index (χ0n) is 8.95. The average Bonchev–Trinajstić information content (AvgIpc) is 2.64. The van der Waals surface area contributed by atoms with E-state index in [2.05, 4.69) is 24.0 Å². The van der Waals surface area contributed by atoms with Gasteiger partial charge in [-0.3, -0.25) is 0 Å². The average molecular weight is 195 g/mol. The van der Waals surface area contributed by atoms with Crippen molar-refractivity contribution in [2.75, 3.05) is 6.54 Å². The highest BCUT2D eigenvalue weighted by atomic mass is 16.5. The zero-order chi connectivity index (χ0) is 10.3. The highest BCUT2D eigenvalue weighted by Gasteiger charge is 2.50. The van der Waals surface area contributed by atoms with Crippen LogP contribution in [0.5, 0.6) is 0 Å². The monoisotopic (exact) mass is 195 g/mol. The van der Waals surface area contributed by atoms with Crippen LogP contribution in [0.25, 0.3) is 0 Å². The normalized spacial score (nSPS) is 26.1. The van der Waals surface area contributed by atoms with Gasteiger partial charge >= 0.3 is 0 Å². The van der Waals surface area contributed by atoms with Crippen LogP contribution in [0, 0.1) is 5.41 Å². The number of rotatable bonds is 3. The van der Waals surface area contributed by atoms with Crippen molar-refractivity contribution < 1.29 is 4.52 Å². The molecule has 1 fully saturated rings. The summed E-state index contributed by atoms with van der Waals surface area (Å²) in [4.78, 5) is 4.38. The smallest absolute Gasteiger partial charge is 0.230 e. The van der Waals surface area contributed by atoms with E-state index >= 15 is 0 Å². The molecule has 0 aromatic carbocycles. The van der Waals surface area contributed by atoms with Gasteiger partial charge in [-0.2, -0.15) is 4.98 Å². The van der Waals surface area contributed by atoms with E-state index in [0.29, 0.717) is 17.9 Å². The fraction of sp³-hybridized carbons (Fsp3) is 0.800. The summed E-state index contributed by atoms with van der Waals surface area (Å²) in [5.41, 5.74) is 5.88. The molecule has 78 valence electrons. The molecule has 4 heteroatoms. The number of aromatic nitrogens is 2. The Bertz CT molecular complexity index is 332. The Morgan fingerprint density at radius 2 is 2.29 bits per heavy atom. The van der Waals surface area contributed by atoms with Crippen LogP contribution in [0.2, 0.25) is 0 Å². The molecular formula is C10H17N3O. The molecule has 1 saturated carbocycles. The zero-order valence-corrected chi connectivity index (χ0v) is 8.95. The van der Waals surface area contributed by atoms with Crippen molar-refractivity contribution in [3.05, 3.63) is 11.7 Å². The summed E-state index contributed by atoms with van der Waals surface area (Å²) < 4.78 is 5.23. The highest BCUT2D eigenvalue weighted by molar-refractivity contribution is 5.13. The molecule has 0 amide bonds. The Morgan fingerprint density at radius 1 is 1.64 bits per heavy atom. The first-order valence-electron chi connectivity index (χ1n) is 5.08. The Labute approximate surface area is 83.9 Å². The molecule has 2 unspecified atom stereocenters. The molecule has 0 saturated heterocycles. The first-order chi connectivity index (χ1) is 6.54. The Kier molecular flexibility index (Phi) is 2.10. The molecule has 2 N–H and O–H groups in total. The predicted molar refractivity (Wildman–Crippen MR) is 52.9 cm³/mol. The van der Waals surface area contributed by atoms with Crippen LogP contribution in [0.1, 0.15) is 50.7 Å². The summed E-state index contributed by atoms with van der Waals surface area (Å²) in [6, 6.07) is 0. The maximum atomic E-state index is 5.54. The maximum absolute atomic E-state index is 5.54. The first kappa shape index (κ1) is 9.65. The second-order valence-corrected chi connectivity index (χ2v) is 4.87. The van der Waals surface area contributed by atoms with Crippen molar-refractivity contribution in [3.8, 4) is 0 Å². The second-order valence-electron chi connectivity index (χ2n) is 4.87. The molecule has 0 spiro atoms. The van der Waals surface area contributed by atoms with Crippen molar-refractivity contribution in [3.63, 3.8) is 0 Å². The van der Waals surface area contributed by atoms with E-state index in [1.807, 2.05) is 6.92 Å². The summed E-state index contributed by atoms with van der Waals surface area (Å²) in [6.45, 7) is 7.00. The molecular weight excluding hydrogens is 178 g/mol. The lowest BCUT2D eigenvalue weighted by molar-refractivity contribution is 0.361. The Morgan fingerprint density at radius 3 is 2.79 bits per heavy atom. The van der Waals surface area contributed by atoms with Crippen LogP contribution in [0.3, 0.4) is 0 Å². The van der Waals surface area contributed by atoms with Crippen molar-refractivity contribution in [2.24, 2.45) is 11.1 Å². The molecule has 0 radical (unpaired) electrons. The molecule has 1 aromatic rings. The summed E-state index contributed by atoms with van der Waals surface area (Å²) in [7, 11) is 0. The molecule has 1 aliphatic rings. The minimum absolute atomic E-state index is 0.189. The van der Waals surface area contributed by atoms with Crippen LogP contribution < -0.4 is 5.73 Å². The van der Waals surface area contributed by atoms with E-state index in [0.717, 1.165) is 18.1 Å². The molecule has 2 atom stereocenters. The molecule has 14 heavy (non-hydrogen) atoms. The largest absolute Gasteiger partial charge is 0.339 e. The van der Waals surface area contributed by atoms with Gasteiger partial charge in [0.25, 0.3) is 0 Å². The number of nitrogens with two attached hydrogens (primary N) is 1. The van der Waals surface area contributed by atoms with Gasteiger partial charge in [0.05, 0.1) is 0 Å². The van der Waals surface area contributed by atoms with Crippen LogP contribution in [-0.4, -0.2) is 16.7 Å². The van der Waals surface area contributed by atoms with Crippen molar-refractivity contribution in [1.29, 1.82) is 0 Å². The van der Waals surface area contributed by atoms with E-state index in [1.165, 1.54) is 0 Å². The maximum Gasteiger partial charge on any atom is 0.230 e. The van der Waals surface area contributed by atoms with Gasteiger partial charge in [-0.15, -0.1) is 0 Å². The first-order valence-corrected chi connectivity index (χ1v) is 5.08. The molecule has 1 aromatic heterocycles. The van der Waals surface area contributed by atoms with Gasteiger partial charge in [0.1, 0.15) is 0 Å². The molecule has 0 bridgehead atoms. The predicted octanol–water partition coefficient (Wildman–Crippen LogP) is 1.65. The SMILES string of the molecule is CC(CN)c1noc(C2CC2(C)C)n1. The molecule has 1 aliphatic carbocycles. The van der Waals surface area contributed by atoms with Gasteiger partial charge in [-0.25, -0.2) is 0 Å². The summed E-state index contributed by atoms with van der Waals surface area (Å²) in [5.74, 6) is 2.17. The summed E-state index contributed by atoms with van der Waals surface area (Å²) >= 11 is 0. The molecule has 0 aliphatic heterocycles. The molecule has 4 nitrogen and oxygen atoms in total. The van der Waals surface area contributed by atoms with Crippen LogP contribution in [0.15, 0.2) is 4.52 Å². The van der Waals surface area contributed by atoms with E-state index < -0.39 is 0 Å². The highest BCUT2D eigenvalue weighted by Crippen LogP contribution is 2.58. The third-order valence-corrected chi connectivity index (χ3v) is 3.06. The van der Waals surface area contributed by atoms with Gasteiger partial charge < -0.3 is 10.3 Å². The molecule has 1 heterocycles. The van der Waals surface area contributed by atoms with Crippen molar-refractivity contribution in [2.45, 2.75) is 39.0 Å². The third kappa shape index (κ3) is 1.54. The lowest BCUT2D eigenvalue weighted by atomic mass is 10.1. The Hall–Kier alpha value is -0.900. The minimum Gasteiger partial charge on any atom is -0.339 e. The van der Waals surface area contributed by atoms with Gasteiger partial charge in [-0.1, -0.05) is 25.9 Å². The fourth-order valence-electron chi connectivity index (χ4n) is 1.58. The lowest BCUT2D eigenvalue weighted by Crippen LogP contribution is -2.10. The number of hydrogen-bond acceptors (Lipinski definition) is 4. The van der Waals surface area contributed by atoms with Gasteiger partial charge in [0.15, 0.2) is 5.82 Å².